The van der Waals surface area contributed by atoms with Crippen molar-refractivity contribution in [2.75, 3.05) is 10.8 Å². The molecule has 3 aromatic carbocycles. The SMILES string of the molecule is CCC(Oc1ccccc1)C(=O)NCCCCC(C(=O)O)N(c1ccc(-c2ccc(Br)cc2)cc1)S(=O)[O-]. The Morgan fingerprint density at radius 2 is 1.61 bits per heavy atom. The molecule has 2 N–H and O–H groups in total. The quantitative estimate of drug-likeness (QED) is 0.191. The molecule has 0 radical (unpaired) electrons. The van der Waals surface area contributed by atoms with Gasteiger partial charge in [0.25, 0.3) is 5.91 Å². The van der Waals surface area contributed by atoms with Gasteiger partial charge in [0.1, 0.15) is 11.8 Å². The molecule has 0 heterocycles. The molecule has 3 rings (SSSR count). The van der Waals surface area contributed by atoms with Gasteiger partial charge in [0.05, 0.1) is 0 Å². The lowest BCUT2D eigenvalue weighted by Gasteiger charge is -2.32. The summed E-state index contributed by atoms with van der Waals surface area (Å²) < 4.78 is 31.7. The predicted molar refractivity (Wildman–Crippen MR) is 150 cm³/mol. The van der Waals surface area contributed by atoms with Gasteiger partial charge in [-0.25, -0.2) is 4.79 Å². The number of anilines is 1. The van der Waals surface area contributed by atoms with Crippen molar-refractivity contribution < 1.29 is 28.2 Å². The first-order valence-corrected chi connectivity index (χ1v) is 14.1. The molecule has 0 aromatic heterocycles. The number of halogens is 1. The Kier molecular flexibility index (Phi) is 11.3. The third kappa shape index (κ3) is 8.41. The monoisotopic (exact) mass is 601 g/mol. The van der Waals surface area contributed by atoms with E-state index in [4.69, 9.17) is 4.74 Å². The lowest BCUT2D eigenvalue weighted by molar-refractivity contribution is -0.138. The largest absolute Gasteiger partial charge is 0.755 e. The van der Waals surface area contributed by atoms with E-state index in [1.54, 1.807) is 36.4 Å². The van der Waals surface area contributed by atoms with Crippen LogP contribution in [0.5, 0.6) is 5.75 Å². The first kappa shape index (κ1) is 29.3. The zero-order valence-corrected chi connectivity index (χ0v) is 23.3. The number of unbranched alkanes of at least 4 members (excludes halogenated alkanes) is 1. The number of carbonyl (C=O) groups excluding carboxylic acids is 1. The number of para-hydroxylation sites is 1. The number of nitrogens with one attached hydrogen (secondary N) is 1. The Labute approximate surface area is 233 Å². The van der Waals surface area contributed by atoms with Crippen LogP contribution in [-0.4, -0.2) is 44.4 Å². The van der Waals surface area contributed by atoms with Crippen LogP contribution in [0.25, 0.3) is 11.1 Å². The maximum Gasteiger partial charge on any atom is 0.327 e. The molecule has 3 unspecified atom stereocenters. The van der Waals surface area contributed by atoms with Gasteiger partial charge < -0.3 is 19.7 Å². The number of ether oxygens (including phenoxy) is 1. The van der Waals surface area contributed by atoms with E-state index in [0.29, 0.717) is 31.6 Å². The minimum absolute atomic E-state index is 0.0887. The number of benzene rings is 3. The number of hydrogen-bond acceptors (Lipinski definition) is 5. The molecule has 0 aliphatic carbocycles. The number of hydrogen-bond donors (Lipinski definition) is 2. The lowest BCUT2D eigenvalue weighted by Crippen LogP contribution is -2.42. The van der Waals surface area contributed by atoms with Crippen molar-refractivity contribution >= 4 is 44.8 Å². The molecule has 3 atom stereocenters. The smallest absolute Gasteiger partial charge is 0.327 e. The number of carbonyl (C=O) groups is 2. The van der Waals surface area contributed by atoms with Crippen molar-refractivity contribution in [2.45, 2.75) is 44.8 Å². The van der Waals surface area contributed by atoms with Gasteiger partial charge in [-0.2, -0.15) is 0 Å². The maximum absolute atomic E-state index is 12.5. The molecule has 0 spiro atoms. The summed E-state index contributed by atoms with van der Waals surface area (Å²) >= 11 is 0.605. The molecule has 3 aromatic rings. The first-order chi connectivity index (χ1) is 18.3. The van der Waals surface area contributed by atoms with Crippen LogP contribution < -0.4 is 14.4 Å². The average Bonchev–Trinajstić information content (AvgIpc) is 2.91. The van der Waals surface area contributed by atoms with Crippen molar-refractivity contribution in [2.24, 2.45) is 0 Å². The molecule has 0 saturated heterocycles. The summed E-state index contributed by atoms with van der Waals surface area (Å²) in [7, 11) is 0. The lowest BCUT2D eigenvalue weighted by atomic mass is 10.0. The third-order valence-electron chi connectivity index (χ3n) is 5.92. The van der Waals surface area contributed by atoms with Gasteiger partial charge in [0.15, 0.2) is 6.10 Å². The van der Waals surface area contributed by atoms with E-state index in [9.17, 15) is 23.5 Å². The highest BCUT2D eigenvalue weighted by Crippen LogP contribution is 2.27. The predicted octanol–water partition coefficient (Wildman–Crippen LogP) is 5.31. The molecule has 0 aliphatic rings. The van der Waals surface area contributed by atoms with Crippen molar-refractivity contribution in [1.29, 1.82) is 0 Å². The molecule has 10 heteroatoms. The summed E-state index contributed by atoms with van der Waals surface area (Å²) in [5, 5.41) is 12.6. The van der Waals surface area contributed by atoms with Gasteiger partial charge in [0.2, 0.25) is 0 Å². The van der Waals surface area contributed by atoms with Crippen LogP contribution in [0.15, 0.2) is 83.3 Å². The molecule has 0 fully saturated rings. The zero-order chi connectivity index (χ0) is 27.5. The number of carboxylic acids is 1. The van der Waals surface area contributed by atoms with Crippen molar-refractivity contribution in [3.8, 4) is 16.9 Å². The van der Waals surface area contributed by atoms with Gasteiger partial charge in [-0.15, -0.1) is 0 Å². The fourth-order valence-electron chi connectivity index (χ4n) is 3.93. The maximum atomic E-state index is 12.5. The minimum Gasteiger partial charge on any atom is -0.755 e. The number of amides is 1. The van der Waals surface area contributed by atoms with Crippen LogP contribution in [0.2, 0.25) is 0 Å². The fourth-order valence-corrected chi connectivity index (χ4v) is 4.89. The summed E-state index contributed by atoms with van der Waals surface area (Å²) in [5.74, 6) is -0.883. The van der Waals surface area contributed by atoms with E-state index in [1.807, 2.05) is 49.4 Å². The van der Waals surface area contributed by atoms with Crippen LogP contribution in [0.3, 0.4) is 0 Å². The summed E-state index contributed by atoms with van der Waals surface area (Å²) in [6.45, 7) is 2.18. The first-order valence-electron chi connectivity index (χ1n) is 12.3. The number of nitrogens with zero attached hydrogens (tertiary/aromatic N) is 1. The van der Waals surface area contributed by atoms with Gasteiger partial charge in [-0.1, -0.05) is 65.3 Å². The Bertz CT molecular complexity index is 1210. The molecule has 1 amide bonds. The van der Waals surface area contributed by atoms with E-state index >= 15 is 0 Å². The van der Waals surface area contributed by atoms with Crippen LogP contribution in [0, 0.1) is 0 Å². The Hall–Kier alpha value is -3.21. The Morgan fingerprint density at radius 1 is 1.00 bits per heavy atom. The van der Waals surface area contributed by atoms with Gasteiger partial charge in [0, 0.05) is 28.0 Å². The molecule has 8 nitrogen and oxygen atoms in total. The standard InChI is InChI=1S/C28H31BrN2O6S/c1-2-26(37-24-8-4-3-5-9-24)27(32)30-19-7-6-10-25(28(33)34)31(38(35)36)23-17-13-21(14-18-23)20-11-15-22(29)16-12-20/h3-5,8-9,11-18,25-26H,2,6-7,10,19H2,1H3,(H,30,32)(H,33,34)(H,35,36)/p-1. The van der Waals surface area contributed by atoms with Crippen molar-refractivity contribution in [1.82, 2.24) is 5.32 Å². The van der Waals surface area contributed by atoms with E-state index in [1.165, 1.54) is 0 Å². The van der Waals surface area contributed by atoms with Crippen molar-refractivity contribution in [3.63, 3.8) is 0 Å². The molecule has 0 aliphatic heterocycles. The van der Waals surface area contributed by atoms with E-state index in [2.05, 4.69) is 21.2 Å². The highest BCUT2D eigenvalue weighted by molar-refractivity contribution is 9.10. The topological polar surface area (TPSA) is 119 Å². The number of rotatable bonds is 14. The van der Waals surface area contributed by atoms with Crippen LogP contribution >= 0.6 is 15.9 Å². The second kappa shape index (κ2) is 14.7. The molecule has 0 bridgehead atoms. The molecular formula is C28H30BrN2O6S-. The highest BCUT2D eigenvalue weighted by Gasteiger charge is 2.27. The Morgan fingerprint density at radius 3 is 2.16 bits per heavy atom. The van der Waals surface area contributed by atoms with Crippen LogP contribution in [-0.2, 0) is 20.9 Å². The molecule has 202 valence electrons. The minimum atomic E-state index is -2.79. The fraction of sp³-hybridized carbons (Fsp3) is 0.286. The average molecular weight is 603 g/mol. The van der Waals surface area contributed by atoms with Gasteiger partial charge in [-0.05, 0) is 73.2 Å². The molecular weight excluding hydrogens is 572 g/mol. The summed E-state index contributed by atoms with van der Waals surface area (Å²) in [4.78, 5) is 24.5. The summed E-state index contributed by atoms with van der Waals surface area (Å²) in [6, 6.07) is 22.2. The Balaban J connectivity index is 1.56. The second-order valence-corrected chi connectivity index (χ2v) is 10.3. The van der Waals surface area contributed by atoms with Crippen molar-refractivity contribution in [3.05, 3.63) is 83.3 Å². The normalized spacial score (nSPS) is 13.2. The highest BCUT2D eigenvalue weighted by atomic mass is 79.9. The molecule has 38 heavy (non-hydrogen) atoms. The van der Waals surface area contributed by atoms with E-state index in [0.717, 1.165) is 19.9 Å². The van der Waals surface area contributed by atoms with Gasteiger partial charge in [-0.3, -0.25) is 13.3 Å². The van der Waals surface area contributed by atoms with Gasteiger partial charge >= 0.3 is 5.97 Å². The number of carboxylic acid groups (broad SMARTS) is 1. The number of aliphatic carboxylic acids is 1. The van der Waals surface area contributed by atoms with E-state index in [-0.39, 0.29) is 18.0 Å². The van der Waals surface area contributed by atoms with Crippen LogP contribution in [0.1, 0.15) is 32.6 Å². The summed E-state index contributed by atoms with van der Waals surface area (Å²) in [6.07, 6.45) is 0.832. The second-order valence-electron chi connectivity index (χ2n) is 8.57. The zero-order valence-electron chi connectivity index (χ0n) is 20.9. The molecule has 0 saturated carbocycles. The summed E-state index contributed by atoms with van der Waals surface area (Å²) in [5.41, 5.74) is 2.09. The third-order valence-corrected chi connectivity index (χ3v) is 7.23. The van der Waals surface area contributed by atoms with E-state index < -0.39 is 29.4 Å². The van der Waals surface area contributed by atoms with Crippen LogP contribution in [0.4, 0.5) is 5.69 Å².